The van der Waals surface area contributed by atoms with Crippen molar-refractivity contribution in [3.63, 3.8) is 0 Å². The highest BCUT2D eigenvalue weighted by atomic mass is 16.5. The highest BCUT2D eigenvalue weighted by molar-refractivity contribution is 5.95. The fourth-order valence-corrected chi connectivity index (χ4v) is 2.24. The van der Waals surface area contributed by atoms with E-state index in [4.69, 9.17) is 4.74 Å². The summed E-state index contributed by atoms with van der Waals surface area (Å²) >= 11 is 0. The van der Waals surface area contributed by atoms with Gasteiger partial charge in [0.2, 0.25) is 0 Å². The van der Waals surface area contributed by atoms with Gasteiger partial charge in [0, 0.05) is 12.7 Å². The van der Waals surface area contributed by atoms with Gasteiger partial charge in [-0.2, -0.15) is 0 Å². The largest absolute Gasteiger partial charge is 0.462 e. The number of rotatable bonds is 8. The summed E-state index contributed by atoms with van der Waals surface area (Å²) in [5.74, 6) is -0.309. The molecule has 0 spiro atoms. The maximum absolute atomic E-state index is 11.8. The lowest BCUT2D eigenvalue weighted by Crippen LogP contribution is -2.11. The Labute approximate surface area is 131 Å². The summed E-state index contributed by atoms with van der Waals surface area (Å²) < 4.78 is 5.05. The monoisotopic (exact) mass is 298 g/mol. The third-order valence-electron chi connectivity index (χ3n) is 3.37. The van der Waals surface area contributed by atoms with Crippen LogP contribution in [0.4, 0.5) is 5.69 Å². The van der Waals surface area contributed by atoms with E-state index in [1.807, 2.05) is 6.07 Å². The van der Waals surface area contributed by atoms with Crippen LogP contribution in [-0.4, -0.2) is 24.1 Å². The number of hydrogen-bond acceptors (Lipinski definition) is 4. The molecule has 4 nitrogen and oxygen atoms in total. The topological polar surface area (TPSA) is 51.2 Å². The molecule has 0 bridgehead atoms. The van der Waals surface area contributed by atoms with Gasteiger partial charge >= 0.3 is 5.97 Å². The summed E-state index contributed by atoms with van der Waals surface area (Å²) in [5.41, 5.74) is 2.64. The van der Waals surface area contributed by atoms with Gasteiger partial charge in [0.1, 0.15) is 0 Å². The van der Waals surface area contributed by atoms with E-state index in [-0.39, 0.29) is 5.97 Å². The van der Waals surface area contributed by atoms with Crippen molar-refractivity contribution in [1.82, 2.24) is 4.98 Å². The maximum Gasteiger partial charge on any atom is 0.340 e. The number of carbonyl (C=O) groups is 1. The molecule has 4 heteroatoms. The molecule has 0 atom stereocenters. The minimum Gasteiger partial charge on any atom is -0.462 e. The summed E-state index contributed by atoms with van der Waals surface area (Å²) in [4.78, 5) is 15.9. The predicted octanol–water partition coefficient (Wildman–Crippen LogP) is 3.69. The van der Waals surface area contributed by atoms with Gasteiger partial charge in [-0.1, -0.05) is 30.3 Å². The number of ether oxygens (including phenoxy) is 1. The van der Waals surface area contributed by atoms with Crippen molar-refractivity contribution >= 4 is 11.7 Å². The average Bonchev–Trinajstić information content (AvgIpc) is 2.56. The molecule has 1 heterocycles. The van der Waals surface area contributed by atoms with Crippen LogP contribution in [0.3, 0.4) is 0 Å². The summed E-state index contributed by atoms with van der Waals surface area (Å²) in [6, 6.07) is 12.1. The summed E-state index contributed by atoms with van der Waals surface area (Å²) in [7, 11) is 0. The molecular formula is C18H22N2O2. The molecule has 1 aromatic heterocycles. The van der Waals surface area contributed by atoms with Crippen LogP contribution in [0.15, 0.2) is 48.8 Å². The van der Waals surface area contributed by atoms with E-state index in [1.165, 1.54) is 5.56 Å². The first-order chi connectivity index (χ1) is 10.8. The van der Waals surface area contributed by atoms with E-state index >= 15 is 0 Å². The molecule has 0 unspecified atom stereocenters. The first-order valence-corrected chi connectivity index (χ1v) is 7.70. The zero-order valence-corrected chi connectivity index (χ0v) is 12.9. The van der Waals surface area contributed by atoms with Crippen molar-refractivity contribution in [3.05, 3.63) is 59.9 Å². The van der Waals surface area contributed by atoms with Crippen molar-refractivity contribution in [2.45, 2.75) is 26.2 Å². The Bertz CT molecular complexity index is 585. The fraction of sp³-hybridized carbons (Fsp3) is 0.333. The number of unbranched alkanes of at least 4 members (excludes halogenated alkanes) is 1. The van der Waals surface area contributed by atoms with Gasteiger partial charge in [0.05, 0.1) is 24.1 Å². The van der Waals surface area contributed by atoms with Gasteiger partial charge in [-0.3, -0.25) is 4.98 Å². The number of carbonyl (C=O) groups excluding carboxylic acids is 1. The minimum absolute atomic E-state index is 0.309. The first kappa shape index (κ1) is 16.0. The number of aromatic nitrogens is 1. The van der Waals surface area contributed by atoms with Crippen LogP contribution < -0.4 is 5.32 Å². The SMILES string of the molecule is CCOC(=O)c1ccncc1NCCCCc1ccccc1. The Morgan fingerprint density at radius 3 is 2.77 bits per heavy atom. The number of aryl methyl sites for hydroxylation is 1. The quantitative estimate of drug-likeness (QED) is 0.596. The second-order valence-corrected chi connectivity index (χ2v) is 5.01. The van der Waals surface area contributed by atoms with Crippen LogP contribution >= 0.6 is 0 Å². The van der Waals surface area contributed by atoms with Crippen molar-refractivity contribution < 1.29 is 9.53 Å². The van der Waals surface area contributed by atoms with E-state index in [9.17, 15) is 4.79 Å². The molecule has 116 valence electrons. The van der Waals surface area contributed by atoms with Gasteiger partial charge in [-0.15, -0.1) is 0 Å². The third-order valence-corrected chi connectivity index (χ3v) is 3.37. The van der Waals surface area contributed by atoms with E-state index in [0.29, 0.717) is 12.2 Å². The van der Waals surface area contributed by atoms with Gasteiger partial charge in [-0.05, 0) is 37.8 Å². The average molecular weight is 298 g/mol. The molecule has 2 aromatic rings. The molecule has 0 saturated heterocycles. The number of hydrogen-bond donors (Lipinski definition) is 1. The third kappa shape index (κ3) is 4.88. The van der Waals surface area contributed by atoms with Crippen LogP contribution in [0.1, 0.15) is 35.7 Å². The second kappa shape index (κ2) is 8.82. The number of nitrogens with one attached hydrogen (secondary N) is 1. The molecule has 1 aromatic carbocycles. The number of benzene rings is 1. The Hall–Kier alpha value is -2.36. The minimum atomic E-state index is -0.309. The lowest BCUT2D eigenvalue weighted by Gasteiger charge is -2.10. The Kier molecular flexibility index (Phi) is 6.42. The summed E-state index contributed by atoms with van der Waals surface area (Å²) in [6.07, 6.45) is 6.48. The number of pyridine rings is 1. The zero-order chi connectivity index (χ0) is 15.6. The Morgan fingerprint density at radius 1 is 1.18 bits per heavy atom. The fourth-order valence-electron chi connectivity index (χ4n) is 2.24. The predicted molar refractivity (Wildman–Crippen MR) is 88.1 cm³/mol. The molecule has 22 heavy (non-hydrogen) atoms. The number of esters is 1. The molecule has 0 saturated carbocycles. The van der Waals surface area contributed by atoms with Crippen LogP contribution in [-0.2, 0) is 11.2 Å². The van der Waals surface area contributed by atoms with Gasteiger partial charge in [-0.25, -0.2) is 4.79 Å². The lowest BCUT2D eigenvalue weighted by atomic mass is 10.1. The summed E-state index contributed by atoms with van der Waals surface area (Å²) in [5, 5.41) is 3.28. The number of nitrogens with zero attached hydrogens (tertiary/aromatic N) is 1. The van der Waals surface area contributed by atoms with Crippen molar-refractivity contribution in [1.29, 1.82) is 0 Å². The van der Waals surface area contributed by atoms with Crippen LogP contribution in [0.25, 0.3) is 0 Å². The van der Waals surface area contributed by atoms with E-state index in [0.717, 1.165) is 31.5 Å². The molecule has 1 N–H and O–H groups in total. The molecule has 0 aliphatic carbocycles. The standard InChI is InChI=1S/C18H22N2O2/c1-2-22-18(21)16-11-13-19-14-17(16)20-12-7-6-10-15-8-4-3-5-9-15/h3-5,8-9,11,13-14,20H,2,6-7,10,12H2,1H3. The van der Waals surface area contributed by atoms with Gasteiger partial charge in [0.15, 0.2) is 0 Å². The molecule has 0 radical (unpaired) electrons. The lowest BCUT2D eigenvalue weighted by molar-refractivity contribution is 0.0527. The molecular weight excluding hydrogens is 276 g/mol. The molecule has 0 fully saturated rings. The molecule has 0 amide bonds. The van der Waals surface area contributed by atoms with Crippen LogP contribution in [0.2, 0.25) is 0 Å². The van der Waals surface area contributed by atoms with E-state index in [2.05, 4.69) is 34.6 Å². The Morgan fingerprint density at radius 2 is 2.00 bits per heavy atom. The normalized spacial score (nSPS) is 10.2. The van der Waals surface area contributed by atoms with Crippen LogP contribution in [0, 0.1) is 0 Å². The summed E-state index contributed by atoms with van der Waals surface area (Å²) in [6.45, 7) is 2.98. The van der Waals surface area contributed by atoms with Crippen molar-refractivity contribution in [2.24, 2.45) is 0 Å². The van der Waals surface area contributed by atoms with Crippen molar-refractivity contribution in [2.75, 3.05) is 18.5 Å². The van der Waals surface area contributed by atoms with Gasteiger partial charge < -0.3 is 10.1 Å². The van der Waals surface area contributed by atoms with Crippen molar-refractivity contribution in [3.8, 4) is 0 Å². The first-order valence-electron chi connectivity index (χ1n) is 7.70. The second-order valence-electron chi connectivity index (χ2n) is 5.01. The van der Waals surface area contributed by atoms with Crippen LogP contribution in [0.5, 0.6) is 0 Å². The van der Waals surface area contributed by atoms with Gasteiger partial charge in [0.25, 0.3) is 0 Å². The zero-order valence-electron chi connectivity index (χ0n) is 12.9. The highest BCUT2D eigenvalue weighted by Crippen LogP contribution is 2.15. The van der Waals surface area contributed by atoms with E-state index in [1.54, 1.807) is 25.4 Å². The number of anilines is 1. The van der Waals surface area contributed by atoms with E-state index < -0.39 is 0 Å². The smallest absolute Gasteiger partial charge is 0.340 e. The molecule has 0 aliphatic rings. The molecule has 2 rings (SSSR count). The highest BCUT2D eigenvalue weighted by Gasteiger charge is 2.11. The Balaban J connectivity index is 1.78. The maximum atomic E-state index is 11.8. The molecule has 0 aliphatic heterocycles.